The van der Waals surface area contributed by atoms with Crippen molar-refractivity contribution in [3.8, 4) is 0 Å². The second-order valence-electron chi connectivity index (χ2n) is 18.7. The van der Waals surface area contributed by atoms with E-state index >= 15 is 0 Å². The summed E-state index contributed by atoms with van der Waals surface area (Å²) in [6.07, 6.45) is 41.1. The number of unbranched alkanes of at least 4 members (excludes halogenated alkanes) is 35. The monoisotopic (exact) mass is 856 g/mol. The summed E-state index contributed by atoms with van der Waals surface area (Å²) in [6.45, 7) is 3.87. The molecule has 1 aliphatic rings. The minimum absolute atomic E-state index is 0.131. The predicted octanol–water partition coefficient (Wildman–Crippen LogP) is 11.9. The van der Waals surface area contributed by atoms with Crippen LogP contribution >= 0.6 is 0 Å². The van der Waals surface area contributed by atoms with E-state index in [-0.39, 0.29) is 12.5 Å². The molecule has 60 heavy (non-hydrogen) atoms. The molecule has 1 fully saturated rings. The number of carbonyl (C=O) groups is 1. The third kappa shape index (κ3) is 31.9. The van der Waals surface area contributed by atoms with Gasteiger partial charge < -0.3 is 40.3 Å². The van der Waals surface area contributed by atoms with E-state index in [0.29, 0.717) is 12.8 Å². The number of rotatable bonds is 45. The second-order valence-corrected chi connectivity index (χ2v) is 18.7. The fraction of sp³-hybridized carbons (Fsp3) is 0.980. The van der Waals surface area contributed by atoms with Crippen molar-refractivity contribution >= 4 is 5.91 Å². The van der Waals surface area contributed by atoms with Gasteiger partial charge in [0.15, 0.2) is 6.29 Å². The first-order valence-corrected chi connectivity index (χ1v) is 26.2. The lowest BCUT2D eigenvalue weighted by Crippen LogP contribution is -2.60. The number of hydrogen-bond acceptors (Lipinski definition) is 8. The summed E-state index contributed by atoms with van der Waals surface area (Å²) in [5, 5.41) is 54.5. The van der Waals surface area contributed by atoms with E-state index in [2.05, 4.69) is 19.2 Å². The third-order valence-corrected chi connectivity index (χ3v) is 13.0. The quantitative estimate of drug-likeness (QED) is 0.0332. The van der Waals surface area contributed by atoms with Crippen LogP contribution in [0.15, 0.2) is 0 Å². The van der Waals surface area contributed by atoms with Crippen LogP contribution in [0.4, 0.5) is 0 Å². The smallest absolute Gasteiger partial charge is 0.220 e. The molecule has 1 heterocycles. The molecule has 0 aliphatic carbocycles. The molecule has 0 aromatic rings. The average Bonchev–Trinajstić information content (AvgIpc) is 3.25. The first-order valence-electron chi connectivity index (χ1n) is 26.2. The second kappa shape index (κ2) is 42.2. The Morgan fingerprint density at radius 1 is 0.500 bits per heavy atom. The van der Waals surface area contributed by atoms with Gasteiger partial charge in [0, 0.05) is 6.42 Å². The molecule has 0 spiro atoms. The van der Waals surface area contributed by atoms with E-state index in [1.54, 1.807) is 0 Å². The molecule has 1 amide bonds. The molecule has 6 N–H and O–H groups in total. The minimum Gasteiger partial charge on any atom is -0.394 e. The van der Waals surface area contributed by atoms with Crippen LogP contribution in [0, 0.1) is 0 Å². The Morgan fingerprint density at radius 3 is 1.18 bits per heavy atom. The van der Waals surface area contributed by atoms with E-state index in [9.17, 15) is 30.3 Å². The zero-order chi connectivity index (χ0) is 43.7. The van der Waals surface area contributed by atoms with Crippen LogP contribution in [0.1, 0.15) is 264 Å². The maximum atomic E-state index is 13.0. The van der Waals surface area contributed by atoms with Crippen molar-refractivity contribution in [1.29, 1.82) is 0 Å². The molecular weight excluding hydrogens is 755 g/mol. The molecular formula is C51H101NO8. The van der Waals surface area contributed by atoms with Crippen molar-refractivity contribution in [3.05, 3.63) is 0 Å². The molecule has 2 unspecified atom stereocenters. The van der Waals surface area contributed by atoms with Gasteiger partial charge in [0.1, 0.15) is 24.4 Å². The van der Waals surface area contributed by atoms with Crippen LogP contribution in [0.5, 0.6) is 0 Å². The molecule has 0 aromatic heterocycles. The molecule has 0 bridgehead atoms. The summed E-state index contributed by atoms with van der Waals surface area (Å²) in [4.78, 5) is 13.0. The Morgan fingerprint density at radius 2 is 0.833 bits per heavy atom. The van der Waals surface area contributed by atoms with E-state index in [4.69, 9.17) is 9.47 Å². The van der Waals surface area contributed by atoms with Crippen LogP contribution in [0.25, 0.3) is 0 Å². The molecule has 1 rings (SSSR count). The van der Waals surface area contributed by atoms with Crippen molar-refractivity contribution in [3.63, 3.8) is 0 Å². The fourth-order valence-electron chi connectivity index (χ4n) is 8.75. The van der Waals surface area contributed by atoms with Crippen LogP contribution in [-0.2, 0) is 14.3 Å². The summed E-state index contributed by atoms with van der Waals surface area (Å²) >= 11 is 0. The zero-order valence-corrected chi connectivity index (χ0v) is 39.5. The molecule has 7 atom stereocenters. The van der Waals surface area contributed by atoms with Gasteiger partial charge in [0.2, 0.25) is 5.91 Å². The molecule has 9 nitrogen and oxygen atoms in total. The summed E-state index contributed by atoms with van der Waals surface area (Å²) in [5.74, 6) is -0.138. The van der Waals surface area contributed by atoms with E-state index < -0.39 is 49.5 Å². The highest BCUT2D eigenvalue weighted by molar-refractivity contribution is 5.76. The topological polar surface area (TPSA) is 149 Å². The van der Waals surface area contributed by atoms with E-state index in [0.717, 1.165) is 38.5 Å². The van der Waals surface area contributed by atoms with Gasteiger partial charge in [-0.1, -0.05) is 245 Å². The van der Waals surface area contributed by atoms with Gasteiger partial charge in [0.05, 0.1) is 25.4 Å². The first-order chi connectivity index (χ1) is 29.3. The van der Waals surface area contributed by atoms with Crippen molar-refractivity contribution in [2.24, 2.45) is 0 Å². The molecule has 358 valence electrons. The van der Waals surface area contributed by atoms with E-state index in [1.165, 1.54) is 199 Å². The number of hydrogen-bond donors (Lipinski definition) is 6. The van der Waals surface area contributed by atoms with Gasteiger partial charge in [0.25, 0.3) is 0 Å². The Balaban J connectivity index is 2.23. The number of aliphatic hydroxyl groups is 5. The molecule has 1 saturated heterocycles. The Hall–Kier alpha value is -0.810. The van der Waals surface area contributed by atoms with Gasteiger partial charge >= 0.3 is 0 Å². The maximum Gasteiger partial charge on any atom is 0.220 e. The molecule has 0 saturated carbocycles. The van der Waals surface area contributed by atoms with Crippen LogP contribution in [0.3, 0.4) is 0 Å². The molecule has 0 radical (unpaired) electrons. The molecule has 9 heteroatoms. The van der Waals surface area contributed by atoms with Crippen LogP contribution in [-0.4, -0.2) is 87.5 Å². The number of aliphatic hydroxyl groups excluding tert-OH is 5. The highest BCUT2D eigenvalue weighted by Crippen LogP contribution is 2.23. The zero-order valence-electron chi connectivity index (χ0n) is 39.5. The van der Waals surface area contributed by atoms with Gasteiger partial charge in [-0.25, -0.2) is 0 Å². The van der Waals surface area contributed by atoms with Gasteiger partial charge in [-0.2, -0.15) is 0 Å². The average molecular weight is 856 g/mol. The lowest BCUT2D eigenvalue weighted by Gasteiger charge is -2.40. The van der Waals surface area contributed by atoms with Gasteiger partial charge in [-0.15, -0.1) is 0 Å². The summed E-state index contributed by atoms with van der Waals surface area (Å²) in [7, 11) is 0. The Bertz CT molecular complexity index is 908. The van der Waals surface area contributed by atoms with Gasteiger partial charge in [-0.3, -0.25) is 4.79 Å². The minimum atomic E-state index is -1.55. The number of carbonyl (C=O) groups excluding carboxylic acids is 1. The van der Waals surface area contributed by atoms with Crippen LogP contribution in [0.2, 0.25) is 0 Å². The highest BCUT2D eigenvalue weighted by Gasteiger charge is 2.44. The highest BCUT2D eigenvalue weighted by atomic mass is 16.7. The van der Waals surface area contributed by atoms with Crippen molar-refractivity contribution in [1.82, 2.24) is 5.32 Å². The van der Waals surface area contributed by atoms with Gasteiger partial charge in [-0.05, 0) is 12.8 Å². The number of ether oxygens (including phenoxy) is 2. The largest absolute Gasteiger partial charge is 0.394 e. The fourth-order valence-corrected chi connectivity index (χ4v) is 8.75. The number of amides is 1. The third-order valence-electron chi connectivity index (χ3n) is 13.0. The molecule has 0 aromatic carbocycles. The summed E-state index contributed by atoms with van der Waals surface area (Å²) in [6, 6.07) is -0.712. The summed E-state index contributed by atoms with van der Waals surface area (Å²) < 4.78 is 11.3. The first kappa shape index (κ1) is 57.2. The Kier molecular flexibility index (Phi) is 40.2. The normalized spacial score (nSPS) is 20.4. The Labute approximate surface area is 370 Å². The maximum absolute atomic E-state index is 13.0. The SMILES string of the molecule is CCCCCCCCCCCCCCCCCCCCCCCC(=O)N[C@@H](CO[C@@H]1O[C@H](CO)[C@@H](O)C(O)C1O)[C@H](O)CCCCCCCCCCCCCCCCCC. The van der Waals surface area contributed by atoms with E-state index in [1.807, 2.05) is 0 Å². The van der Waals surface area contributed by atoms with Crippen molar-refractivity contribution < 1.29 is 39.8 Å². The molecule has 1 aliphatic heterocycles. The predicted molar refractivity (Wildman–Crippen MR) is 249 cm³/mol. The summed E-state index contributed by atoms with van der Waals surface area (Å²) in [5.41, 5.74) is 0. The van der Waals surface area contributed by atoms with Crippen LogP contribution < -0.4 is 5.32 Å². The van der Waals surface area contributed by atoms with Crippen molar-refractivity contribution in [2.75, 3.05) is 13.2 Å². The lowest BCUT2D eigenvalue weighted by atomic mass is 9.99. The number of nitrogens with one attached hydrogen (secondary N) is 1. The van der Waals surface area contributed by atoms with Crippen molar-refractivity contribution in [2.45, 2.75) is 307 Å². The standard InChI is InChI=1S/C51H101NO8/c1-3-5-7-9-11-13-15-17-19-21-22-23-24-25-27-29-31-33-35-37-39-41-47(55)52-44(43-59-51-50(58)49(57)48(56)46(42-53)60-51)45(54)40-38-36-34-32-30-28-26-20-18-16-14-12-10-8-6-4-2/h44-46,48-51,53-54,56-58H,3-43H2,1-2H3,(H,52,55)/t44-,45+,46+,48+,49?,50?,51+/m0/s1. The lowest BCUT2D eigenvalue weighted by molar-refractivity contribution is -0.302.